The van der Waals surface area contributed by atoms with Gasteiger partial charge in [-0.05, 0) is 38.1 Å². The van der Waals surface area contributed by atoms with Gasteiger partial charge in [-0.3, -0.25) is 4.31 Å². The number of sulfonamides is 1. The fourth-order valence-electron chi connectivity index (χ4n) is 2.11. The first kappa shape index (κ1) is 15.4. The van der Waals surface area contributed by atoms with Gasteiger partial charge in [-0.15, -0.1) is 0 Å². The Bertz CT molecular complexity index is 684. The molecule has 0 atom stereocenters. The molecule has 0 radical (unpaired) electrons. The van der Waals surface area contributed by atoms with Crippen molar-refractivity contribution in [3.05, 3.63) is 54.6 Å². The van der Waals surface area contributed by atoms with E-state index in [2.05, 4.69) is 0 Å². The van der Waals surface area contributed by atoms with Gasteiger partial charge in [0, 0.05) is 12.6 Å². The molecule has 0 amide bonds. The second-order valence-electron chi connectivity index (χ2n) is 4.41. The number of nitrogens with zero attached hydrogens (tertiary/aromatic N) is 1. The summed E-state index contributed by atoms with van der Waals surface area (Å²) in [5.41, 5.74) is 0.604. The van der Waals surface area contributed by atoms with Crippen molar-refractivity contribution in [1.29, 1.82) is 0 Å². The summed E-state index contributed by atoms with van der Waals surface area (Å²) in [5.74, 6) is 0.664. The smallest absolute Gasteiger partial charge is 0.264 e. The summed E-state index contributed by atoms with van der Waals surface area (Å²) in [6.07, 6.45) is 0. The van der Waals surface area contributed by atoms with Crippen LogP contribution in [0.1, 0.15) is 13.8 Å². The molecule has 2 rings (SSSR count). The standard InChI is InChI=1S/C16H19NO3S/c1-3-17(14-9-8-10-15(13-14)20-4-2)21(18,19)16-11-6-5-7-12-16/h5-13H,3-4H2,1-2H3. The van der Waals surface area contributed by atoms with Crippen LogP contribution in [0.5, 0.6) is 5.75 Å². The van der Waals surface area contributed by atoms with E-state index in [1.807, 2.05) is 19.9 Å². The number of anilines is 1. The van der Waals surface area contributed by atoms with Crippen molar-refractivity contribution in [2.75, 3.05) is 17.5 Å². The van der Waals surface area contributed by atoms with E-state index in [4.69, 9.17) is 4.74 Å². The fraction of sp³-hybridized carbons (Fsp3) is 0.250. The second kappa shape index (κ2) is 6.63. The van der Waals surface area contributed by atoms with Crippen molar-refractivity contribution < 1.29 is 13.2 Å². The summed E-state index contributed by atoms with van der Waals surface area (Å²) in [7, 11) is -3.56. The molecule has 5 heteroatoms. The number of hydrogen-bond acceptors (Lipinski definition) is 3. The zero-order valence-electron chi connectivity index (χ0n) is 12.2. The average molecular weight is 305 g/mol. The Balaban J connectivity index is 2.42. The molecule has 0 heterocycles. The largest absolute Gasteiger partial charge is 0.494 e. The summed E-state index contributed by atoms with van der Waals surface area (Å²) in [5, 5.41) is 0. The van der Waals surface area contributed by atoms with E-state index in [1.54, 1.807) is 48.5 Å². The van der Waals surface area contributed by atoms with Gasteiger partial charge < -0.3 is 4.74 Å². The van der Waals surface area contributed by atoms with E-state index in [0.29, 0.717) is 24.6 Å². The minimum absolute atomic E-state index is 0.286. The molecule has 0 aliphatic rings. The normalized spacial score (nSPS) is 11.1. The van der Waals surface area contributed by atoms with Gasteiger partial charge in [0.25, 0.3) is 10.0 Å². The lowest BCUT2D eigenvalue weighted by atomic mass is 10.3. The van der Waals surface area contributed by atoms with Crippen molar-refractivity contribution >= 4 is 15.7 Å². The monoisotopic (exact) mass is 305 g/mol. The molecule has 0 saturated carbocycles. The molecular weight excluding hydrogens is 286 g/mol. The van der Waals surface area contributed by atoms with E-state index >= 15 is 0 Å². The van der Waals surface area contributed by atoms with E-state index in [-0.39, 0.29) is 4.90 Å². The van der Waals surface area contributed by atoms with Crippen LogP contribution in [0.3, 0.4) is 0 Å². The summed E-state index contributed by atoms with van der Waals surface area (Å²) in [4.78, 5) is 0.286. The summed E-state index contributed by atoms with van der Waals surface area (Å²) >= 11 is 0. The van der Waals surface area contributed by atoms with Crippen molar-refractivity contribution in [2.24, 2.45) is 0 Å². The van der Waals surface area contributed by atoms with Crippen LogP contribution >= 0.6 is 0 Å². The summed E-state index contributed by atoms with van der Waals surface area (Å²) < 4.78 is 32.3. The molecular formula is C16H19NO3S. The highest BCUT2D eigenvalue weighted by molar-refractivity contribution is 7.92. The molecule has 0 aromatic heterocycles. The molecule has 0 saturated heterocycles. The van der Waals surface area contributed by atoms with Gasteiger partial charge in [-0.1, -0.05) is 24.3 Å². The number of ether oxygens (including phenoxy) is 1. The van der Waals surface area contributed by atoms with Gasteiger partial charge in [-0.2, -0.15) is 0 Å². The molecule has 0 N–H and O–H groups in total. The maximum Gasteiger partial charge on any atom is 0.264 e. The fourth-order valence-corrected chi connectivity index (χ4v) is 3.59. The highest BCUT2D eigenvalue weighted by Crippen LogP contribution is 2.26. The van der Waals surface area contributed by atoms with E-state index < -0.39 is 10.0 Å². The lowest BCUT2D eigenvalue weighted by molar-refractivity contribution is 0.340. The van der Waals surface area contributed by atoms with E-state index in [1.165, 1.54) is 4.31 Å². The number of benzene rings is 2. The molecule has 0 spiro atoms. The van der Waals surface area contributed by atoms with Gasteiger partial charge in [0.05, 0.1) is 17.2 Å². The van der Waals surface area contributed by atoms with Crippen LogP contribution in [0.15, 0.2) is 59.5 Å². The number of rotatable bonds is 6. The van der Waals surface area contributed by atoms with Gasteiger partial charge in [0.15, 0.2) is 0 Å². The molecule has 0 aliphatic heterocycles. The molecule has 0 unspecified atom stereocenters. The predicted molar refractivity (Wildman–Crippen MR) is 84.3 cm³/mol. The Morgan fingerprint density at radius 3 is 2.33 bits per heavy atom. The van der Waals surface area contributed by atoms with Crippen LogP contribution in [0.4, 0.5) is 5.69 Å². The van der Waals surface area contributed by atoms with Crippen LogP contribution in [0.25, 0.3) is 0 Å². The van der Waals surface area contributed by atoms with E-state index in [9.17, 15) is 8.42 Å². The van der Waals surface area contributed by atoms with Gasteiger partial charge >= 0.3 is 0 Å². The first-order chi connectivity index (χ1) is 10.1. The van der Waals surface area contributed by atoms with Crippen molar-refractivity contribution in [2.45, 2.75) is 18.7 Å². The molecule has 2 aromatic carbocycles. The first-order valence-electron chi connectivity index (χ1n) is 6.90. The summed E-state index contributed by atoms with van der Waals surface area (Å²) in [6.45, 7) is 4.60. The topological polar surface area (TPSA) is 46.6 Å². The molecule has 4 nitrogen and oxygen atoms in total. The molecule has 112 valence electrons. The number of hydrogen-bond donors (Lipinski definition) is 0. The minimum atomic E-state index is -3.56. The Kier molecular flexibility index (Phi) is 4.85. The second-order valence-corrected chi connectivity index (χ2v) is 6.28. The Hall–Kier alpha value is -2.01. The van der Waals surface area contributed by atoms with Crippen LogP contribution in [-0.2, 0) is 10.0 Å². The third kappa shape index (κ3) is 3.36. The summed E-state index contributed by atoms with van der Waals surface area (Å²) in [6, 6.07) is 15.6. The van der Waals surface area contributed by atoms with Crippen molar-refractivity contribution in [3.8, 4) is 5.75 Å². The predicted octanol–water partition coefficient (Wildman–Crippen LogP) is 3.30. The Labute approximate surface area is 126 Å². The quantitative estimate of drug-likeness (QED) is 0.822. The van der Waals surface area contributed by atoms with Crippen molar-refractivity contribution in [1.82, 2.24) is 0 Å². The minimum Gasteiger partial charge on any atom is -0.494 e. The maximum atomic E-state index is 12.7. The molecule has 0 aliphatic carbocycles. The average Bonchev–Trinajstić information content (AvgIpc) is 2.49. The van der Waals surface area contributed by atoms with Gasteiger partial charge in [-0.25, -0.2) is 8.42 Å². The third-order valence-electron chi connectivity index (χ3n) is 3.04. The molecule has 0 fully saturated rings. The van der Waals surface area contributed by atoms with Gasteiger partial charge in [0.1, 0.15) is 5.75 Å². The van der Waals surface area contributed by atoms with Crippen LogP contribution in [0.2, 0.25) is 0 Å². The molecule has 21 heavy (non-hydrogen) atoms. The first-order valence-corrected chi connectivity index (χ1v) is 8.34. The molecule has 0 bridgehead atoms. The van der Waals surface area contributed by atoms with E-state index in [0.717, 1.165) is 0 Å². The van der Waals surface area contributed by atoms with Crippen LogP contribution in [0, 0.1) is 0 Å². The lowest BCUT2D eigenvalue weighted by Gasteiger charge is -2.23. The lowest BCUT2D eigenvalue weighted by Crippen LogP contribution is -2.30. The van der Waals surface area contributed by atoms with Crippen LogP contribution in [-0.4, -0.2) is 21.6 Å². The maximum absolute atomic E-state index is 12.7. The third-order valence-corrected chi connectivity index (χ3v) is 4.95. The molecule has 2 aromatic rings. The zero-order chi connectivity index (χ0) is 15.3. The van der Waals surface area contributed by atoms with Gasteiger partial charge in [0.2, 0.25) is 0 Å². The van der Waals surface area contributed by atoms with Crippen LogP contribution < -0.4 is 9.04 Å². The zero-order valence-corrected chi connectivity index (χ0v) is 13.0. The SMILES string of the molecule is CCOc1cccc(N(CC)S(=O)(=O)c2ccccc2)c1. The highest BCUT2D eigenvalue weighted by atomic mass is 32.2. The van der Waals surface area contributed by atoms with Crippen molar-refractivity contribution in [3.63, 3.8) is 0 Å². The Morgan fingerprint density at radius 1 is 1.00 bits per heavy atom. The highest BCUT2D eigenvalue weighted by Gasteiger charge is 2.23. The Morgan fingerprint density at radius 2 is 1.71 bits per heavy atom.